The molecule has 1 fully saturated rings. The number of piperidine rings is 1. The first-order valence-corrected chi connectivity index (χ1v) is 12.2. The smallest absolute Gasteiger partial charge is 0.243 e. The standard InChI is InChI=1S/C21H36N4O3S/c1-5-24(6-2)20-13-12-18(29(27,28)25(7-3)8-4)16-19(20)22-21(26)17-23-14-10-9-11-15-23/h12-13,16H,5-11,14-15,17H2,1-4H3,(H,22,26). The summed E-state index contributed by atoms with van der Waals surface area (Å²) in [5.74, 6) is -0.0994. The number of hydrogen-bond donors (Lipinski definition) is 1. The van der Waals surface area contributed by atoms with Gasteiger partial charge in [-0.15, -0.1) is 0 Å². The SMILES string of the molecule is CCN(CC)c1ccc(S(=O)(=O)N(CC)CC)cc1NC(=O)CN1CCCCC1. The van der Waals surface area contributed by atoms with Crippen LogP contribution in [0.2, 0.25) is 0 Å². The predicted molar refractivity (Wildman–Crippen MR) is 119 cm³/mol. The van der Waals surface area contributed by atoms with Crippen LogP contribution >= 0.6 is 0 Å². The summed E-state index contributed by atoms with van der Waals surface area (Å²) in [5, 5.41) is 2.99. The molecule has 1 aliphatic heterocycles. The van der Waals surface area contributed by atoms with Crippen LogP contribution in [0.15, 0.2) is 23.1 Å². The number of nitrogens with zero attached hydrogens (tertiary/aromatic N) is 3. The third-order valence-electron chi connectivity index (χ3n) is 5.51. The Bertz CT molecular complexity index is 768. The fourth-order valence-corrected chi connectivity index (χ4v) is 5.32. The van der Waals surface area contributed by atoms with Crippen LogP contribution in [-0.2, 0) is 14.8 Å². The summed E-state index contributed by atoms with van der Waals surface area (Å²) in [7, 11) is -3.59. The van der Waals surface area contributed by atoms with Crippen LogP contribution in [0, 0.1) is 0 Å². The van der Waals surface area contributed by atoms with Gasteiger partial charge in [-0.25, -0.2) is 8.42 Å². The molecular weight excluding hydrogens is 388 g/mol. The number of amides is 1. The minimum Gasteiger partial charge on any atom is -0.370 e. The largest absolute Gasteiger partial charge is 0.370 e. The molecule has 1 aromatic carbocycles. The molecule has 29 heavy (non-hydrogen) atoms. The van der Waals surface area contributed by atoms with Gasteiger partial charge >= 0.3 is 0 Å². The van der Waals surface area contributed by atoms with Gasteiger partial charge in [0.05, 0.1) is 22.8 Å². The number of likely N-dealkylation sites (tertiary alicyclic amines) is 1. The Hall–Kier alpha value is -1.64. The van der Waals surface area contributed by atoms with Crippen LogP contribution in [0.1, 0.15) is 47.0 Å². The van der Waals surface area contributed by atoms with Crippen molar-refractivity contribution in [3.63, 3.8) is 0 Å². The number of nitrogens with one attached hydrogen (secondary N) is 1. The molecule has 8 heteroatoms. The zero-order chi connectivity index (χ0) is 21.4. The molecule has 0 aromatic heterocycles. The minimum atomic E-state index is -3.59. The minimum absolute atomic E-state index is 0.0994. The molecule has 0 aliphatic carbocycles. The first-order valence-electron chi connectivity index (χ1n) is 10.8. The normalized spacial score (nSPS) is 15.5. The Labute approximate surface area is 176 Å². The predicted octanol–water partition coefficient (Wildman–Crippen LogP) is 2.99. The molecule has 164 valence electrons. The summed E-state index contributed by atoms with van der Waals surface area (Å²) in [6.07, 6.45) is 3.46. The average Bonchev–Trinajstić information content (AvgIpc) is 2.71. The number of rotatable bonds is 10. The topological polar surface area (TPSA) is 73.0 Å². The lowest BCUT2D eigenvalue weighted by molar-refractivity contribution is -0.117. The molecule has 0 bridgehead atoms. The summed E-state index contributed by atoms with van der Waals surface area (Å²) in [5.41, 5.74) is 1.41. The summed E-state index contributed by atoms with van der Waals surface area (Å²) < 4.78 is 27.4. The Morgan fingerprint density at radius 1 is 1.00 bits per heavy atom. The van der Waals surface area contributed by atoms with Crippen molar-refractivity contribution in [3.05, 3.63) is 18.2 Å². The summed E-state index contributed by atoms with van der Waals surface area (Å²) in [4.78, 5) is 17.2. The molecule has 1 saturated heterocycles. The molecule has 1 N–H and O–H groups in total. The quantitative estimate of drug-likeness (QED) is 0.625. The van der Waals surface area contributed by atoms with E-state index in [4.69, 9.17) is 0 Å². The van der Waals surface area contributed by atoms with Gasteiger partial charge in [0.15, 0.2) is 0 Å². The van der Waals surface area contributed by atoms with Crippen molar-refractivity contribution in [3.8, 4) is 0 Å². The average molecular weight is 425 g/mol. The molecule has 7 nitrogen and oxygen atoms in total. The molecule has 0 atom stereocenters. The molecule has 1 heterocycles. The van der Waals surface area contributed by atoms with Crippen molar-refractivity contribution < 1.29 is 13.2 Å². The number of sulfonamides is 1. The first-order chi connectivity index (χ1) is 13.9. The van der Waals surface area contributed by atoms with Crippen molar-refractivity contribution in [1.29, 1.82) is 0 Å². The molecule has 0 spiro atoms. The maximum Gasteiger partial charge on any atom is 0.243 e. The van der Waals surface area contributed by atoms with Gasteiger partial charge in [0.1, 0.15) is 0 Å². The van der Waals surface area contributed by atoms with Crippen LogP contribution in [0.4, 0.5) is 11.4 Å². The van der Waals surface area contributed by atoms with E-state index in [9.17, 15) is 13.2 Å². The van der Waals surface area contributed by atoms with Gasteiger partial charge in [-0.1, -0.05) is 20.3 Å². The molecule has 0 radical (unpaired) electrons. The number of carbonyl (C=O) groups is 1. The number of benzene rings is 1. The highest BCUT2D eigenvalue weighted by Crippen LogP contribution is 2.30. The zero-order valence-electron chi connectivity index (χ0n) is 18.3. The highest BCUT2D eigenvalue weighted by atomic mass is 32.2. The van der Waals surface area contributed by atoms with Gasteiger partial charge in [0.2, 0.25) is 15.9 Å². The fraction of sp³-hybridized carbons (Fsp3) is 0.667. The van der Waals surface area contributed by atoms with Gasteiger partial charge in [0.25, 0.3) is 0 Å². The molecule has 1 amide bonds. The van der Waals surface area contributed by atoms with E-state index in [1.807, 2.05) is 27.7 Å². The maximum atomic E-state index is 13.0. The van der Waals surface area contributed by atoms with Crippen molar-refractivity contribution in [2.75, 3.05) is 56.0 Å². The number of carbonyl (C=O) groups excluding carboxylic acids is 1. The van der Waals surface area contributed by atoms with Crippen LogP contribution in [-0.4, -0.2) is 69.3 Å². The number of hydrogen-bond acceptors (Lipinski definition) is 5. The highest BCUT2D eigenvalue weighted by molar-refractivity contribution is 7.89. The monoisotopic (exact) mass is 424 g/mol. The molecule has 1 aliphatic rings. The van der Waals surface area contributed by atoms with Crippen LogP contribution in [0.3, 0.4) is 0 Å². The van der Waals surface area contributed by atoms with Crippen LogP contribution in [0.25, 0.3) is 0 Å². The van der Waals surface area contributed by atoms with E-state index < -0.39 is 10.0 Å². The lowest BCUT2D eigenvalue weighted by atomic mass is 10.1. The third-order valence-corrected chi connectivity index (χ3v) is 7.55. The molecular formula is C21H36N4O3S. The van der Waals surface area contributed by atoms with Crippen molar-refractivity contribution >= 4 is 27.3 Å². The molecule has 2 rings (SSSR count). The fourth-order valence-electron chi connectivity index (χ4n) is 3.84. The van der Waals surface area contributed by atoms with Gasteiger partial charge < -0.3 is 10.2 Å². The van der Waals surface area contributed by atoms with Crippen molar-refractivity contribution in [2.24, 2.45) is 0 Å². The summed E-state index contributed by atoms with van der Waals surface area (Å²) in [6.45, 7) is 12.3. The first kappa shape index (κ1) is 23.6. The Morgan fingerprint density at radius 3 is 2.17 bits per heavy atom. The Morgan fingerprint density at radius 2 is 1.62 bits per heavy atom. The molecule has 0 saturated carbocycles. The van der Waals surface area contributed by atoms with Crippen molar-refractivity contribution in [2.45, 2.75) is 51.9 Å². The van der Waals surface area contributed by atoms with E-state index in [1.54, 1.807) is 18.2 Å². The van der Waals surface area contributed by atoms with Gasteiger partial charge in [-0.2, -0.15) is 4.31 Å². The molecule has 0 unspecified atom stereocenters. The van der Waals surface area contributed by atoms with E-state index in [2.05, 4.69) is 15.1 Å². The van der Waals surface area contributed by atoms with Gasteiger partial charge in [-0.05, 0) is 58.0 Å². The lowest BCUT2D eigenvalue weighted by Gasteiger charge is -2.28. The second kappa shape index (κ2) is 10.9. The second-order valence-corrected chi connectivity index (χ2v) is 9.26. The van der Waals surface area contributed by atoms with Gasteiger partial charge in [0, 0.05) is 26.2 Å². The third kappa shape index (κ3) is 5.93. The van der Waals surface area contributed by atoms with E-state index in [0.29, 0.717) is 25.3 Å². The Balaban J connectivity index is 2.33. The maximum absolute atomic E-state index is 13.0. The van der Waals surface area contributed by atoms with Crippen molar-refractivity contribution in [1.82, 2.24) is 9.21 Å². The van der Waals surface area contributed by atoms with Crippen LogP contribution in [0.5, 0.6) is 0 Å². The van der Waals surface area contributed by atoms with Crippen LogP contribution < -0.4 is 10.2 Å². The number of anilines is 2. The summed E-state index contributed by atoms with van der Waals surface area (Å²) >= 11 is 0. The molecule has 1 aromatic rings. The lowest BCUT2D eigenvalue weighted by Crippen LogP contribution is -2.37. The van der Waals surface area contributed by atoms with Gasteiger partial charge in [-0.3, -0.25) is 9.69 Å². The second-order valence-electron chi connectivity index (χ2n) is 7.33. The highest BCUT2D eigenvalue weighted by Gasteiger charge is 2.24. The van der Waals surface area contributed by atoms with E-state index in [0.717, 1.165) is 44.7 Å². The van der Waals surface area contributed by atoms with E-state index >= 15 is 0 Å². The van der Waals surface area contributed by atoms with E-state index in [1.165, 1.54) is 10.7 Å². The van der Waals surface area contributed by atoms with E-state index in [-0.39, 0.29) is 10.8 Å². The Kier molecular flexibility index (Phi) is 8.92. The zero-order valence-corrected chi connectivity index (χ0v) is 19.1. The summed E-state index contributed by atoms with van der Waals surface area (Å²) in [6, 6.07) is 5.05.